The van der Waals surface area contributed by atoms with Gasteiger partial charge < -0.3 is 31.4 Å². The van der Waals surface area contributed by atoms with Gasteiger partial charge in [0.2, 0.25) is 5.91 Å². The molecule has 2 aliphatic heterocycles. The standard InChI is InChI=1S/C37H41FN6O3/c1-21(39)33(22(2)40)24-8-10-27(11-9-24)42-35(45)34(43-36(46)37(38)13-14-37)30-5-3-4-23-6-7-25(16-31(23)30)26-12-15-41-32(17-26)44-19-29-18-28(44)20-47-29/h6-12,15-17,28-30,34,39H,3-5,13-14,18-20,40H2,1-2H3,(H,42,45)(H,43,46)/b33-22+,39-21?/t28?,29?,30-,34?/m1/s1. The average Bonchev–Trinajstić information content (AvgIpc) is 3.46. The Hall–Kier alpha value is -4.57. The minimum Gasteiger partial charge on any atom is -0.402 e. The zero-order valence-electron chi connectivity index (χ0n) is 26.8. The molecular weight excluding hydrogens is 595 g/mol. The summed E-state index contributed by atoms with van der Waals surface area (Å²) in [5, 5.41) is 13.9. The summed E-state index contributed by atoms with van der Waals surface area (Å²) in [6.07, 6.45) is 5.85. The van der Waals surface area contributed by atoms with Gasteiger partial charge in [-0.2, -0.15) is 0 Å². The van der Waals surface area contributed by atoms with E-state index in [-0.39, 0.29) is 24.9 Å². The quantitative estimate of drug-likeness (QED) is 0.229. The lowest BCUT2D eigenvalue weighted by molar-refractivity contribution is -0.131. The number of anilines is 2. The number of pyridine rings is 1. The van der Waals surface area contributed by atoms with Gasteiger partial charge in [-0.3, -0.25) is 9.59 Å². The number of halogens is 1. The number of benzene rings is 2. The number of amides is 2. The van der Waals surface area contributed by atoms with Gasteiger partial charge in [0.05, 0.1) is 18.8 Å². The molecule has 1 saturated carbocycles. The van der Waals surface area contributed by atoms with E-state index in [0.29, 0.717) is 35.1 Å². The van der Waals surface area contributed by atoms with Crippen molar-refractivity contribution < 1.29 is 18.7 Å². The van der Waals surface area contributed by atoms with Gasteiger partial charge >= 0.3 is 0 Å². The largest absolute Gasteiger partial charge is 0.402 e. The molecule has 3 aromatic rings. The Balaban J connectivity index is 1.18. The fourth-order valence-electron chi connectivity index (χ4n) is 7.43. The van der Waals surface area contributed by atoms with Crippen LogP contribution in [0.3, 0.4) is 0 Å². The zero-order valence-corrected chi connectivity index (χ0v) is 26.8. The van der Waals surface area contributed by atoms with Crippen molar-refractivity contribution in [1.29, 1.82) is 5.41 Å². The summed E-state index contributed by atoms with van der Waals surface area (Å²) < 4.78 is 20.8. The molecule has 2 saturated heterocycles. The molecule has 2 amide bonds. The van der Waals surface area contributed by atoms with Gasteiger partial charge in [0.15, 0.2) is 5.67 Å². The topological polar surface area (TPSA) is 133 Å². The van der Waals surface area contributed by atoms with Crippen LogP contribution >= 0.6 is 0 Å². The lowest BCUT2D eigenvalue weighted by atomic mass is 9.77. The maximum Gasteiger partial charge on any atom is 0.258 e. The Morgan fingerprint density at radius 3 is 2.53 bits per heavy atom. The highest BCUT2D eigenvalue weighted by Gasteiger charge is 2.52. The Kier molecular flexibility index (Phi) is 8.08. The first-order chi connectivity index (χ1) is 22.6. The molecule has 10 heteroatoms. The zero-order chi connectivity index (χ0) is 32.9. The van der Waals surface area contributed by atoms with Crippen LogP contribution in [0.25, 0.3) is 16.7 Å². The third kappa shape index (κ3) is 6.14. The Morgan fingerprint density at radius 2 is 1.87 bits per heavy atom. The lowest BCUT2D eigenvalue weighted by Crippen LogP contribution is -2.51. The highest BCUT2D eigenvalue weighted by Crippen LogP contribution is 2.42. The molecule has 2 bridgehead atoms. The predicted octanol–water partition coefficient (Wildman–Crippen LogP) is 5.50. The molecule has 0 radical (unpaired) electrons. The van der Waals surface area contributed by atoms with Crippen LogP contribution in [0.4, 0.5) is 15.9 Å². The van der Waals surface area contributed by atoms with Crippen LogP contribution < -0.4 is 21.3 Å². The molecule has 1 aromatic heterocycles. The highest BCUT2D eigenvalue weighted by atomic mass is 19.1. The van der Waals surface area contributed by atoms with Crippen LogP contribution in [0.15, 0.2) is 66.5 Å². The van der Waals surface area contributed by atoms with Crippen molar-refractivity contribution in [3.05, 3.63) is 83.2 Å². The molecule has 3 unspecified atom stereocenters. The van der Waals surface area contributed by atoms with Crippen LogP contribution in [0.2, 0.25) is 0 Å². The maximum absolute atomic E-state index is 15.0. The van der Waals surface area contributed by atoms with Gasteiger partial charge in [0.1, 0.15) is 11.9 Å². The molecule has 0 spiro atoms. The first kappa shape index (κ1) is 31.1. The molecule has 4 atom stereocenters. The summed E-state index contributed by atoms with van der Waals surface area (Å²) in [6.45, 7) is 5.00. The van der Waals surface area contributed by atoms with E-state index >= 15 is 0 Å². The Labute approximate surface area is 274 Å². The summed E-state index contributed by atoms with van der Waals surface area (Å²) in [5.41, 5.74) is 11.1. The molecule has 2 aliphatic carbocycles. The van der Waals surface area contributed by atoms with E-state index in [1.807, 2.05) is 12.3 Å². The number of carbonyl (C=O) groups excluding carboxylic acids is 2. The third-order valence-corrected chi connectivity index (χ3v) is 10.1. The minimum absolute atomic E-state index is 0.165. The van der Waals surface area contributed by atoms with E-state index in [2.05, 4.69) is 44.8 Å². The number of ether oxygens (including phenoxy) is 1. The van der Waals surface area contributed by atoms with Crippen LogP contribution in [0.5, 0.6) is 0 Å². The summed E-state index contributed by atoms with van der Waals surface area (Å²) >= 11 is 0. The number of nitrogens with one attached hydrogen (secondary N) is 3. The number of morpholine rings is 1. The normalized spacial score (nSPS) is 23.4. The number of nitrogens with zero attached hydrogens (tertiary/aromatic N) is 2. The SMILES string of the molecule is CC(=N)/C(=C(/C)N)c1ccc(NC(=O)C(NC(=O)C2(F)CC2)[C@@H]2CCCc3ccc(-c4ccnc(N5CC6CC5CO6)c4)cc32)cc1. The number of aryl methyl sites for hydroxylation is 1. The lowest BCUT2D eigenvalue weighted by Gasteiger charge is -2.33. The molecule has 5 N–H and O–H groups in total. The molecule has 4 aliphatic rings. The van der Waals surface area contributed by atoms with Gasteiger partial charge in [-0.15, -0.1) is 0 Å². The van der Waals surface area contributed by atoms with Crippen LogP contribution in [-0.4, -0.2) is 59.5 Å². The van der Waals surface area contributed by atoms with Crippen LogP contribution in [0, 0.1) is 5.41 Å². The second-order valence-corrected chi connectivity index (χ2v) is 13.5. The number of hydrogen-bond acceptors (Lipinski definition) is 7. The Morgan fingerprint density at radius 1 is 1.11 bits per heavy atom. The summed E-state index contributed by atoms with van der Waals surface area (Å²) in [4.78, 5) is 34.1. The predicted molar refractivity (Wildman–Crippen MR) is 181 cm³/mol. The number of aromatic nitrogens is 1. The molecule has 9 nitrogen and oxygen atoms in total. The van der Waals surface area contributed by atoms with Gasteiger partial charge in [-0.05, 0) is 104 Å². The maximum atomic E-state index is 15.0. The fourth-order valence-corrected chi connectivity index (χ4v) is 7.43. The van der Waals surface area contributed by atoms with E-state index in [9.17, 15) is 14.0 Å². The van der Waals surface area contributed by atoms with E-state index in [1.54, 1.807) is 38.1 Å². The summed E-state index contributed by atoms with van der Waals surface area (Å²) in [5.74, 6) is -0.536. The fraction of sp³-hybridized carbons (Fsp3) is 0.405. The second-order valence-electron chi connectivity index (χ2n) is 13.5. The van der Waals surface area contributed by atoms with Crippen molar-refractivity contribution in [2.75, 3.05) is 23.4 Å². The number of allylic oxidation sites excluding steroid dienone is 2. The van der Waals surface area contributed by atoms with Crippen molar-refractivity contribution >= 4 is 34.6 Å². The molecule has 244 valence electrons. The average molecular weight is 637 g/mol. The second kappa shape index (κ2) is 12.2. The van der Waals surface area contributed by atoms with E-state index in [1.165, 1.54) is 0 Å². The van der Waals surface area contributed by atoms with Gasteiger partial charge in [-0.1, -0.05) is 30.3 Å². The first-order valence-corrected chi connectivity index (χ1v) is 16.5. The Bertz CT molecular complexity index is 1760. The molecular formula is C37H41FN6O3. The van der Waals surface area contributed by atoms with Crippen LogP contribution in [-0.2, 0) is 20.7 Å². The van der Waals surface area contributed by atoms with E-state index in [4.69, 9.17) is 15.9 Å². The highest BCUT2D eigenvalue weighted by molar-refractivity contribution is 6.21. The smallest absolute Gasteiger partial charge is 0.258 e. The number of carbonyl (C=O) groups is 2. The number of fused-ring (bicyclic) bond motifs is 3. The third-order valence-electron chi connectivity index (χ3n) is 10.1. The van der Waals surface area contributed by atoms with Crippen molar-refractivity contribution in [1.82, 2.24) is 10.3 Å². The first-order valence-electron chi connectivity index (χ1n) is 16.5. The number of hydrogen-bond donors (Lipinski definition) is 4. The van der Waals surface area contributed by atoms with E-state index in [0.717, 1.165) is 66.0 Å². The van der Waals surface area contributed by atoms with E-state index < -0.39 is 23.5 Å². The van der Waals surface area contributed by atoms with Gasteiger partial charge in [-0.25, -0.2) is 9.37 Å². The number of nitrogens with two attached hydrogens (primary N) is 1. The van der Waals surface area contributed by atoms with Crippen LogP contribution in [0.1, 0.15) is 68.6 Å². The van der Waals surface area contributed by atoms with Crippen molar-refractivity contribution in [3.8, 4) is 11.1 Å². The molecule has 47 heavy (non-hydrogen) atoms. The summed E-state index contributed by atoms with van der Waals surface area (Å²) in [7, 11) is 0. The van der Waals surface area contributed by atoms with Gasteiger partial charge in [0, 0.05) is 41.3 Å². The molecule has 3 heterocycles. The monoisotopic (exact) mass is 636 g/mol. The molecule has 2 aromatic carbocycles. The van der Waals surface area contributed by atoms with Crippen molar-refractivity contribution in [2.24, 2.45) is 5.73 Å². The van der Waals surface area contributed by atoms with Crippen molar-refractivity contribution in [3.63, 3.8) is 0 Å². The summed E-state index contributed by atoms with van der Waals surface area (Å²) in [6, 6.07) is 17.0. The van der Waals surface area contributed by atoms with Gasteiger partial charge in [0.25, 0.3) is 5.91 Å². The molecule has 3 fully saturated rings. The minimum atomic E-state index is -1.92. The van der Waals surface area contributed by atoms with Crippen molar-refractivity contribution in [2.45, 2.75) is 82.1 Å². The number of alkyl halides is 1. The number of rotatable bonds is 9. The molecule has 7 rings (SSSR count).